The lowest BCUT2D eigenvalue weighted by Gasteiger charge is -2.48. The van der Waals surface area contributed by atoms with Crippen LogP contribution in [0.2, 0.25) is 0 Å². The lowest BCUT2D eigenvalue weighted by Crippen LogP contribution is -2.68. The number of nitrogens with two attached hydrogens (primary N) is 1. The standard InChI is InChI=1S/C27H23N3O3S/c28-22-25(31)30-23(21(17-34-26(22)30)14-13-18-8-7-15-29-16-18)27(32)33-24(19-9-3-1-4-10-19)20-11-5-2-6-12-20/h1-16,22,24,26H,17,28H2/b14-13+/t22-,26-/m1/s1. The number of benzene rings is 2. The molecule has 2 atom stereocenters. The number of thioether (sulfide) groups is 1. The van der Waals surface area contributed by atoms with Crippen LogP contribution in [0.5, 0.6) is 0 Å². The molecular weight excluding hydrogens is 446 g/mol. The molecule has 0 bridgehead atoms. The molecule has 0 aliphatic carbocycles. The number of hydrogen-bond donors (Lipinski definition) is 1. The SMILES string of the molecule is N[C@@H]1C(=O)N2C(C(=O)OC(c3ccccc3)c3ccccc3)=C(/C=C/c3cccnc3)CS[C@H]12. The van der Waals surface area contributed by atoms with Crippen molar-refractivity contribution in [2.24, 2.45) is 5.73 Å². The molecule has 2 aromatic carbocycles. The van der Waals surface area contributed by atoms with Crippen LogP contribution in [0.15, 0.2) is 103 Å². The van der Waals surface area contributed by atoms with E-state index in [4.69, 9.17) is 10.5 Å². The van der Waals surface area contributed by atoms with Crippen LogP contribution in [0.25, 0.3) is 6.08 Å². The number of nitrogens with zero attached hydrogens (tertiary/aromatic N) is 2. The van der Waals surface area contributed by atoms with Gasteiger partial charge in [-0.2, -0.15) is 0 Å². The second kappa shape index (κ2) is 9.67. The van der Waals surface area contributed by atoms with E-state index in [9.17, 15) is 9.59 Å². The van der Waals surface area contributed by atoms with E-state index in [0.29, 0.717) is 5.75 Å². The molecule has 3 aromatic rings. The Hall–Kier alpha value is -3.68. The monoisotopic (exact) mass is 469 g/mol. The van der Waals surface area contributed by atoms with E-state index >= 15 is 0 Å². The Labute approximate surface area is 202 Å². The van der Waals surface area contributed by atoms with Gasteiger partial charge < -0.3 is 10.5 Å². The first kappa shape index (κ1) is 22.1. The average Bonchev–Trinajstić information content (AvgIpc) is 2.91. The third-order valence-electron chi connectivity index (χ3n) is 5.82. The van der Waals surface area contributed by atoms with Crippen molar-refractivity contribution in [2.45, 2.75) is 17.5 Å². The topological polar surface area (TPSA) is 85.5 Å². The number of allylic oxidation sites excluding steroid dienone is 1. The molecule has 34 heavy (non-hydrogen) atoms. The molecule has 2 N–H and O–H groups in total. The fourth-order valence-electron chi connectivity index (χ4n) is 4.08. The van der Waals surface area contributed by atoms with Crippen molar-refractivity contribution >= 4 is 29.7 Å². The Morgan fingerprint density at radius 1 is 1.03 bits per heavy atom. The van der Waals surface area contributed by atoms with Gasteiger partial charge >= 0.3 is 5.97 Å². The Kier molecular flexibility index (Phi) is 6.29. The number of ether oxygens (including phenoxy) is 1. The van der Waals surface area contributed by atoms with Gasteiger partial charge in [0.1, 0.15) is 17.1 Å². The normalized spacial score (nSPS) is 19.8. The lowest BCUT2D eigenvalue weighted by atomic mass is 10.0. The van der Waals surface area contributed by atoms with E-state index in [1.165, 1.54) is 4.90 Å². The van der Waals surface area contributed by atoms with Gasteiger partial charge in [0, 0.05) is 18.1 Å². The van der Waals surface area contributed by atoms with Crippen LogP contribution in [0, 0.1) is 0 Å². The number of esters is 1. The average molecular weight is 470 g/mol. The summed E-state index contributed by atoms with van der Waals surface area (Å²) in [5.74, 6) is -0.272. The number of amides is 1. The minimum Gasteiger partial charge on any atom is -0.448 e. The zero-order valence-electron chi connectivity index (χ0n) is 18.3. The Balaban J connectivity index is 1.51. The highest BCUT2D eigenvalue weighted by molar-refractivity contribution is 8.00. The van der Waals surface area contributed by atoms with Gasteiger partial charge in [-0.1, -0.05) is 78.9 Å². The maximum absolute atomic E-state index is 13.6. The summed E-state index contributed by atoms with van der Waals surface area (Å²) in [6.45, 7) is 0. The van der Waals surface area contributed by atoms with Crippen LogP contribution >= 0.6 is 11.8 Å². The van der Waals surface area contributed by atoms with E-state index in [2.05, 4.69) is 4.98 Å². The number of aromatic nitrogens is 1. The molecule has 0 radical (unpaired) electrons. The number of carbonyl (C=O) groups is 2. The molecule has 2 aliphatic rings. The summed E-state index contributed by atoms with van der Waals surface area (Å²) in [6.07, 6.45) is 6.57. The van der Waals surface area contributed by atoms with Crippen molar-refractivity contribution in [3.63, 3.8) is 0 Å². The highest BCUT2D eigenvalue weighted by atomic mass is 32.2. The molecule has 6 nitrogen and oxygen atoms in total. The molecule has 0 saturated carbocycles. The van der Waals surface area contributed by atoms with E-state index in [1.807, 2.05) is 84.9 Å². The lowest BCUT2D eigenvalue weighted by molar-refractivity contribution is -0.153. The van der Waals surface area contributed by atoms with Crippen molar-refractivity contribution in [1.82, 2.24) is 9.88 Å². The van der Waals surface area contributed by atoms with Gasteiger partial charge in [0.05, 0.1) is 0 Å². The predicted molar refractivity (Wildman–Crippen MR) is 132 cm³/mol. The first-order valence-corrected chi connectivity index (χ1v) is 12.0. The van der Waals surface area contributed by atoms with Gasteiger partial charge in [-0.05, 0) is 28.3 Å². The second-order valence-electron chi connectivity index (χ2n) is 8.04. The summed E-state index contributed by atoms with van der Waals surface area (Å²) in [5.41, 5.74) is 9.59. The van der Waals surface area contributed by atoms with Crippen LogP contribution in [0.3, 0.4) is 0 Å². The molecule has 7 heteroatoms. The molecular formula is C27H23N3O3S. The Morgan fingerprint density at radius 2 is 1.71 bits per heavy atom. The van der Waals surface area contributed by atoms with Crippen LogP contribution in [-0.4, -0.2) is 38.9 Å². The number of hydrogen-bond acceptors (Lipinski definition) is 6. The van der Waals surface area contributed by atoms with Crippen molar-refractivity contribution in [3.05, 3.63) is 119 Å². The van der Waals surface area contributed by atoms with Crippen molar-refractivity contribution < 1.29 is 14.3 Å². The van der Waals surface area contributed by atoms with Crippen molar-refractivity contribution in [2.75, 3.05) is 5.75 Å². The number of pyridine rings is 1. The molecule has 1 aromatic heterocycles. The molecule has 0 spiro atoms. The minimum absolute atomic E-state index is 0.257. The Morgan fingerprint density at radius 3 is 2.32 bits per heavy atom. The third kappa shape index (κ3) is 4.27. The third-order valence-corrected chi connectivity index (χ3v) is 7.15. The summed E-state index contributed by atoms with van der Waals surface area (Å²) < 4.78 is 6.09. The fraction of sp³-hybridized carbons (Fsp3) is 0.148. The van der Waals surface area contributed by atoms with Gasteiger partial charge in [0.15, 0.2) is 6.10 Å². The summed E-state index contributed by atoms with van der Waals surface area (Å²) in [7, 11) is 0. The quantitative estimate of drug-likeness (QED) is 0.435. The molecule has 1 amide bonds. The molecule has 1 fully saturated rings. The summed E-state index contributed by atoms with van der Waals surface area (Å²) in [4.78, 5) is 31.9. The molecule has 5 rings (SSSR count). The first-order chi connectivity index (χ1) is 16.6. The molecule has 0 unspecified atom stereocenters. The number of β-lactam (4-membered cyclic amide) rings is 1. The second-order valence-corrected chi connectivity index (χ2v) is 9.14. The van der Waals surface area contributed by atoms with E-state index in [-0.39, 0.29) is 17.0 Å². The van der Waals surface area contributed by atoms with Gasteiger partial charge in [-0.3, -0.25) is 14.7 Å². The fourth-order valence-corrected chi connectivity index (χ4v) is 5.34. The summed E-state index contributed by atoms with van der Waals surface area (Å²) in [5, 5.41) is -0.266. The van der Waals surface area contributed by atoms with Crippen LogP contribution in [-0.2, 0) is 14.3 Å². The maximum atomic E-state index is 13.6. The van der Waals surface area contributed by atoms with Gasteiger partial charge in [0.2, 0.25) is 5.91 Å². The van der Waals surface area contributed by atoms with Gasteiger partial charge in [-0.25, -0.2) is 4.79 Å². The highest BCUT2D eigenvalue weighted by Gasteiger charge is 2.52. The maximum Gasteiger partial charge on any atom is 0.356 e. The number of fused-ring (bicyclic) bond motifs is 1. The highest BCUT2D eigenvalue weighted by Crippen LogP contribution is 2.41. The smallest absolute Gasteiger partial charge is 0.356 e. The van der Waals surface area contributed by atoms with Crippen LogP contribution in [0.4, 0.5) is 0 Å². The zero-order chi connectivity index (χ0) is 23.5. The van der Waals surface area contributed by atoms with Crippen molar-refractivity contribution in [3.8, 4) is 0 Å². The molecule has 3 heterocycles. The number of rotatable bonds is 6. The minimum atomic E-state index is -0.615. The van der Waals surface area contributed by atoms with Crippen LogP contribution < -0.4 is 5.73 Å². The first-order valence-electron chi connectivity index (χ1n) is 11.0. The summed E-state index contributed by atoms with van der Waals surface area (Å²) in [6, 6.07) is 22.3. The largest absolute Gasteiger partial charge is 0.448 e. The zero-order valence-corrected chi connectivity index (χ0v) is 19.1. The summed E-state index contributed by atoms with van der Waals surface area (Å²) >= 11 is 1.55. The molecule has 170 valence electrons. The van der Waals surface area contributed by atoms with E-state index in [0.717, 1.165) is 22.3 Å². The van der Waals surface area contributed by atoms with E-state index < -0.39 is 18.1 Å². The van der Waals surface area contributed by atoms with Gasteiger partial charge in [0.25, 0.3) is 0 Å². The van der Waals surface area contributed by atoms with Crippen LogP contribution in [0.1, 0.15) is 22.8 Å². The molecule has 1 saturated heterocycles. The van der Waals surface area contributed by atoms with Crippen molar-refractivity contribution in [1.29, 1.82) is 0 Å². The molecule has 2 aliphatic heterocycles. The van der Waals surface area contributed by atoms with E-state index in [1.54, 1.807) is 24.2 Å². The Bertz CT molecular complexity index is 1210. The number of carbonyl (C=O) groups excluding carboxylic acids is 2. The van der Waals surface area contributed by atoms with Gasteiger partial charge in [-0.15, -0.1) is 11.8 Å². The predicted octanol–water partition coefficient (Wildman–Crippen LogP) is 3.92.